The van der Waals surface area contributed by atoms with Crippen LogP contribution in [-0.2, 0) is 0 Å². The van der Waals surface area contributed by atoms with E-state index < -0.39 is 0 Å². The van der Waals surface area contributed by atoms with Crippen molar-refractivity contribution in [2.75, 3.05) is 5.43 Å². The summed E-state index contributed by atoms with van der Waals surface area (Å²) in [6, 6.07) is 3.40. The molecule has 0 aromatic carbocycles. The molecule has 3 N–H and O–H groups in total. The van der Waals surface area contributed by atoms with Crippen molar-refractivity contribution in [3.05, 3.63) is 12.1 Å². The summed E-state index contributed by atoms with van der Waals surface area (Å²) in [6.45, 7) is 0. The second-order valence-corrected chi connectivity index (χ2v) is 1.89. The van der Waals surface area contributed by atoms with Crippen LogP contribution in [0.15, 0.2) is 12.1 Å². The third-order valence-corrected chi connectivity index (χ3v) is 1.22. The fourth-order valence-corrected chi connectivity index (χ4v) is 0.727. The third-order valence-electron chi connectivity index (χ3n) is 1.22. The van der Waals surface area contributed by atoms with E-state index in [1.165, 1.54) is 4.63 Å². The molecule has 0 spiro atoms. The summed E-state index contributed by atoms with van der Waals surface area (Å²) in [6.07, 6.45) is 0. The number of nitrogens with zero attached hydrogens (tertiary/aromatic N) is 5. The molecule has 0 atom stereocenters. The molecule has 2 aromatic heterocycles. The fraction of sp³-hybridized carbons (Fsp3) is 0. The topological polar surface area (TPSA) is 94.0 Å². The molecule has 0 fully saturated rings. The number of aromatic nitrogens is 5. The zero-order valence-corrected chi connectivity index (χ0v) is 6.69. The zero-order valence-electron chi connectivity index (χ0n) is 5.88. The number of nitrogens with two attached hydrogens (primary N) is 1. The van der Waals surface area contributed by atoms with Crippen molar-refractivity contribution >= 4 is 23.9 Å². The van der Waals surface area contributed by atoms with E-state index in [2.05, 4.69) is 26.0 Å². The van der Waals surface area contributed by atoms with Gasteiger partial charge in [-0.3, -0.25) is 0 Å². The van der Waals surface area contributed by atoms with Gasteiger partial charge in [0.15, 0.2) is 11.5 Å². The van der Waals surface area contributed by atoms with Crippen LogP contribution in [0.4, 0.5) is 5.82 Å². The summed E-state index contributed by atoms with van der Waals surface area (Å²) >= 11 is 0. The van der Waals surface area contributed by atoms with Crippen LogP contribution in [0, 0.1) is 0 Å². The van der Waals surface area contributed by atoms with Crippen molar-refractivity contribution in [3.63, 3.8) is 0 Å². The molecule has 0 saturated heterocycles. The highest BCUT2D eigenvalue weighted by Gasteiger charge is 1.97. The minimum atomic E-state index is 0. The molecule has 2 aromatic rings. The maximum Gasteiger partial charge on any atom is 0.200 e. The van der Waals surface area contributed by atoms with Crippen LogP contribution < -0.4 is 11.3 Å². The van der Waals surface area contributed by atoms with Gasteiger partial charge >= 0.3 is 0 Å². The van der Waals surface area contributed by atoms with Gasteiger partial charge in [-0.1, -0.05) is 0 Å². The van der Waals surface area contributed by atoms with E-state index in [1.807, 2.05) is 0 Å². The number of hydrogen-bond donors (Lipinski definition) is 2. The highest BCUT2D eigenvalue weighted by Crippen LogP contribution is 1.99. The SMILES string of the molecule is Cl.NNc1ccc2nnnn2n1. The minimum absolute atomic E-state index is 0. The van der Waals surface area contributed by atoms with Gasteiger partial charge in [0.25, 0.3) is 0 Å². The van der Waals surface area contributed by atoms with Gasteiger partial charge in [0.1, 0.15) is 0 Å². The van der Waals surface area contributed by atoms with Crippen LogP contribution in [0.3, 0.4) is 0 Å². The van der Waals surface area contributed by atoms with Gasteiger partial charge in [-0.2, -0.15) is 0 Å². The molecule has 64 valence electrons. The average Bonchev–Trinajstić information content (AvgIpc) is 2.50. The Kier molecular flexibility index (Phi) is 2.36. The summed E-state index contributed by atoms with van der Waals surface area (Å²) in [5.41, 5.74) is 2.97. The van der Waals surface area contributed by atoms with Gasteiger partial charge < -0.3 is 5.43 Å². The second kappa shape index (κ2) is 3.28. The van der Waals surface area contributed by atoms with E-state index in [9.17, 15) is 0 Å². The highest BCUT2D eigenvalue weighted by molar-refractivity contribution is 5.85. The largest absolute Gasteiger partial charge is 0.307 e. The lowest BCUT2D eigenvalue weighted by molar-refractivity contribution is 0.735. The highest BCUT2D eigenvalue weighted by atomic mass is 35.5. The Morgan fingerprint density at radius 3 is 3.00 bits per heavy atom. The number of rotatable bonds is 1. The summed E-state index contributed by atoms with van der Waals surface area (Å²) in [5, 5.41) is 14.5. The predicted molar refractivity (Wildman–Crippen MR) is 43.6 cm³/mol. The predicted octanol–water partition coefficient (Wildman–Crippen LogP) is -0.773. The van der Waals surface area contributed by atoms with Gasteiger partial charge in [0.2, 0.25) is 0 Å². The smallest absolute Gasteiger partial charge is 0.200 e. The molecule has 0 unspecified atom stereocenters. The first-order chi connectivity index (χ1) is 5.40. The molecular formula is C4H6ClN7. The molecule has 0 bridgehead atoms. The quantitative estimate of drug-likeness (QED) is 0.450. The lowest BCUT2D eigenvalue weighted by atomic mass is 10.5. The Balaban J connectivity index is 0.000000720. The van der Waals surface area contributed by atoms with Crippen LogP contribution >= 0.6 is 12.4 Å². The van der Waals surface area contributed by atoms with E-state index in [0.717, 1.165) is 0 Å². The standard InChI is InChI=1S/C4H5N7.ClH/c5-6-3-1-2-4-7-9-10-11(4)8-3;/h1-2H,5H2,(H,6,8);1H. The summed E-state index contributed by atoms with van der Waals surface area (Å²) in [7, 11) is 0. The maximum atomic E-state index is 5.12. The number of hydrazine groups is 1. The molecular weight excluding hydrogens is 182 g/mol. The zero-order chi connectivity index (χ0) is 7.68. The fourth-order valence-electron chi connectivity index (χ4n) is 0.727. The van der Waals surface area contributed by atoms with Crippen molar-refractivity contribution in [3.8, 4) is 0 Å². The lowest BCUT2D eigenvalue weighted by Gasteiger charge is -1.95. The molecule has 0 saturated carbocycles. The maximum absolute atomic E-state index is 5.12. The Morgan fingerprint density at radius 2 is 2.25 bits per heavy atom. The van der Waals surface area contributed by atoms with Crippen molar-refractivity contribution in [2.45, 2.75) is 0 Å². The van der Waals surface area contributed by atoms with Crippen LogP contribution in [0.25, 0.3) is 5.65 Å². The van der Waals surface area contributed by atoms with E-state index in [4.69, 9.17) is 5.84 Å². The van der Waals surface area contributed by atoms with E-state index in [-0.39, 0.29) is 12.4 Å². The molecule has 8 heteroatoms. The van der Waals surface area contributed by atoms with E-state index >= 15 is 0 Å². The molecule has 7 nitrogen and oxygen atoms in total. The number of nitrogen functional groups attached to an aromatic ring is 1. The molecule has 0 aliphatic heterocycles. The van der Waals surface area contributed by atoms with Crippen LogP contribution in [0.5, 0.6) is 0 Å². The Hall–Kier alpha value is -1.47. The molecule has 0 aliphatic rings. The number of fused-ring (bicyclic) bond motifs is 1. The molecule has 12 heavy (non-hydrogen) atoms. The van der Waals surface area contributed by atoms with Crippen molar-refractivity contribution in [1.82, 2.24) is 25.3 Å². The first kappa shape index (κ1) is 8.62. The summed E-state index contributed by atoms with van der Waals surface area (Å²) in [5.74, 6) is 5.63. The van der Waals surface area contributed by atoms with Crippen LogP contribution in [0.1, 0.15) is 0 Å². The Labute approximate surface area is 73.3 Å². The number of anilines is 1. The Morgan fingerprint density at radius 1 is 1.42 bits per heavy atom. The number of tetrazole rings is 1. The third kappa shape index (κ3) is 1.27. The van der Waals surface area contributed by atoms with Crippen molar-refractivity contribution in [1.29, 1.82) is 0 Å². The average molecular weight is 188 g/mol. The van der Waals surface area contributed by atoms with Crippen LogP contribution in [-0.4, -0.2) is 25.3 Å². The normalized spacial score (nSPS) is 9.42. The first-order valence-electron chi connectivity index (χ1n) is 2.92. The molecule has 0 aliphatic carbocycles. The van der Waals surface area contributed by atoms with Gasteiger partial charge in [0, 0.05) is 0 Å². The summed E-state index contributed by atoms with van der Waals surface area (Å²) in [4.78, 5) is 0. The van der Waals surface area contributed by atoms with Gasteiger partial charge in [-0.15, -0.1) is 27.2 Å². The van der Waals surface area contributed by atoms with E-state index in [1.54, 1.807) is 12.1 Å². The van der Waals surface area contributed by atoms with Crippen LogP contribution in [0.2, 0.25) is 0 Å². The van der Waals surface area contributed by atoms with E-state index in [0.29, 0.717) is 11.5 Å². The first-order valence-corrected chi connectivity index (χ1v) is 2.92. The monoisotopic (exact) mass is 187 g/mol. The number of nitrogens with one attached hydrogen (secondary N) is 1. The minimum Gasteiger partial charge on any atom is -0.307 e. The Bertz CT molecular complexity index is 370. The molecule has 2 rings (SSSR count). The molecule has 0 amide bonds. The van der Waals surface area contributed by atoms with Gasteiger partial charge in [-0.05, 0) is 22.6 Å². The second-order valence-electron chi connectivity index (χ2n) is 1.89. The number of halogens is 1. The van der Waals surface area contributed by atoms with Crippen molar-refractivity contribution in [2.24, 2.45) is 5.84 Å². The molecule has 0 radical (unpaired) electrons. The van der Waals surface area contributed by atoms with Gasteiger partial charge in [0.05, 0.1) is 0 Å². The van der Waals surface area contributed by atoms with Crippen molar-refractivity contribution < 1.29 is 0 Å². The summed E-state index contributed by atoms with van der Waals surface area (Å²) < 4.78 is 1.29. The lowest BCUT2D eigenvalue weighted by Crippen LogP contribution is -2.10. The van der Waals surface area contributed by atoms with Gasteiger partial charge in [-0.25, -0.2) is 5.84 Å². The number of hydrogen-bond acceptors (Lipinski definition) is 6. The molecule has 2 heterocycles.